The third kappa shape index (κ3) is 7.36. The summed E-state index contributed by atoms with van der Waals surface area (Å²) in [6.45, 7) is 1.27. The first-order valence-corrected chi connectivity index (χ1v) is 7.57. The fraction of sp³-hybridized carbons (Fsp3) is 0.357. The van der Waals surface area contributed by atoms with E-state index in [0.29, 0.717) is 5.75 Å². The first-order valence-electron chi connectivity index (χ1n) is 6.41. The van der Waals surface area contributed by atoms with Crippen molar-refractivity contribution in [2.75, 3.05) is 16.8 Å². The Morgan fingerprint density at radius 3 is 2.48 bits per heavy atom. The molecule has 0 spiro atoms. The number of carboxylic acid groups (broad SMARTS) is 1. The van der Waals surface area contributed by atoms with Gasteiger partial charge in [-0.2, -0.15) is 11.8 Å². The lowest BCUT2D eigenvalue weighted by Crippen LogP contribution is -2.41. The van der Waals surface area contributed by atoms with Gasteiger partial charge in [-0.15, -0.1) is 0 Å². The number of rotatable bonds is 8. The standard InChI is InChI=1S/C14H18N2O4S/c1-10(17)15-12(14(19)20)9-21-8-7-13(18)16-11-5-3-2-4-6-11/h2-6,12H,7-9H2,1H3,(H,15,17)(H,16,18)(H,19,20)/t12-/m0/s1. The smallest absolute Gasteiger partial charge is 0.327 e. The van der Waals surface area contributed by atoms with Gasteiger partial charge in [0, 0.05) is 30.5 Å². The van der Waals surface area contributed by atoms with Gasteiger partial charge in [-0.1, -0.05) is 18.2 Å². The van der Waals surface area contributed by atoms with Crippen molar-refractivity contribution in [1.82, 2.24) is 5.32 Å². The highest BCUT2D eigenvalue weighted by Gasteiger charge is 2.18. The second kappa shape index (κ2) is 9.02. The Hall–Kier alpha value is -2.02. The first kappa shape index (κ1) is 17.0. The number of amides is 2. The predicted molar refractivity (Wildman–Crippen MR) is 82.3 cm³/mol. The van der Waals surface area contributed by atoms with Gasteiger partial charge >= 0.3 is 5.97 Å². The molecule has 0 aliphatic rings. The number of anilines is 1. The number of aliphatic carboxylic acids is 1. The Kier molecular flexibility index (Phi) is 7.31. The number of nitrogens with one attached hydrogen (secondary N) is 2. The number of carbonyl (C=O) groups excluding carboxylic acids is 2. The van der Waals surface area contributed by atoms with Crippen LogP contribution in [0.4, 0.5) is 5.69 Å². The van der Waals surface area contributed by atoms with E-state index >= 15 is 0 Å². The van der Waals surface area contributed by atoms with Crippen molar-refractivity contribution in [3.05, 3.63) is 30.3 Å². The first-order chi connectivity index (χ1) is 9.99. The highest BCUT2D eigenvalue weighted by molar-refractivity contribution is 7.99. The summed E-state index contributed by atoms with van der Waals surface area (Å²) in [5.41, 5.74) is 0.731. The molecule has 0 aliphatic carbocycles. The van der Waals surface area contributed by atoms with Gasteiger partial charge in [-0.05, 0) is 12.1 Å². The van der Waals surface area contributed by atoms with Gasteiger partial charge in [0.25, 0.3) is 0 Å². The molecule has 0 saturated heterocycles. The van der Waals surface area contributed by atoms with Crippen molar-refractivity contribution in [2.24, 2.45) is 0 Å². The van der Waals surface area contributed by atoms with Crippen LogP contribution in [0.1, 0.15) is 13.3 Å². The maximum atomic E-state index is 11.7. The van der Waals surface area contributed by atoms with E-state index in [2.05, 4.69) is 10.6 Å². The molecule has 0 unspecified atom stereocenters. The van der Waals surface area contributed by atoms with Gasteiger partial charge in [0.05, 0.1) is 0 Å². The van der Waals surface area contributed by atoms with Crippen LogP contribution in [0.5, 0.6) is 0 Å². The zero-order chi connectivity index (χ0) is 15.7. The maximum Gasteiger partial charge on any atom is 0.327 e. The fourth-order valence-electron chi connectivity index (χ4n) is 1.53. The summed E-state index contributed by atoms with van der Waals surface area (Å²) in [6, 6.07) is 8.18. The maximum absolute atomic E-state index is 11.7. The van der Waals surface area contributed by atoms with Gasteiger partial charge in [0.15, 0.2) is 0 Å². The topological polar surface area (TPSA) is 95.5 Å². The molecule has 1 aromatic carbocycles. The molecule has 3 N–H and O–H groups in total. The molecule has 0 saturated carbocycles. The van der Waals surface area contributed by atoms with E-state index in [9.17, 15) is 14.4 Å². The molecule has 0 heterocycles. The minimum atomic E-state index is -1.08. The Morgan fingerprint density at radius 1 is 1.24 bits per heavy atom. The molecule has 1 atom stereocenters. The summed E-state index contributed by atoms with van der Waals surface area (Å²) >= 11 is 1.31. The van der Waals surface area contributed by atoms with Crippen LogP contribution in [0.15, 0.2) is 30.3 Å². The second-order valence-electron chi connectivity index (χ2n) is 4.33. The summed E-state index contributed by atoms with van der Waals surface area (Å²) < 4.78 is 0. The van der Waals surface area contributed by atoms with Gasteiger partial charge in [0.2, 0.25) is 11.8 Å². The van der Waals surface area contributed by atoms with Gasteiger partial charge in [-0.3, -0.25) is 9.59 Å². The minimum Gasteiger partial charge on any atom is -0.480 e. The molecule has 2 amide bonds. The molecule has 1 aromatic rings. The summed E-state index contributed by atoms with van der Waals surface area (Å²) in [7, 11) is 0. The number of para-hydroxylation sites is 1. The quantitative estimate of drug-likeness (QED) is 0.630. The van der Waals surface area contributed by atoms with E-state index in [-0.39, 0.29) is 24.0 Å². The number of hydrogen-bond donors (Lipinski definition) is 3. The Morgan fingerprint density at radius 2 is 1.90 bits per heavy atom. The second-order valence-corrected chi connectivity index (χ2v) is 5.48. The van der Waals surface area contributed by atoms with Crippen LogP contribution < -0.4 is 10.6 Å². The Balaban J connectivity index is 2.25. The highest BCUT2D eigenvalue weighted by Crippen LogP contribution is 2.09. The van der Waals surface area contributed by atoms with Gasteiger partial charge in [0.1, 0.15) is 6.04 Å². The number of hydrogen-bond acceptors (Lipinski definition) is 4. The zero-order valence-electron chi connectivity index (χ0n) is 11.7. The fourth-order valence-corrected chi connectivity index (χ4v) is 2.49. The van der Waals surface area contributed by atoms with Crippen molar-refractivity contribution in [1.29, 1.82) is 0 Å². The number of carboxylic acids is 1. The largest absolute Gasteiger partial charge is 0.480 e. The molecule has 7 heteroatoms. The van der Waals surface area contributed by atoms with Crippen LogP contribution >= 0.6 is 11.8 Å². The van der Waals surface area contributed by atoms with Crippen LogP contribution in [0.2, 0.25) is 0 Å². The number of benzene rings is 1. The lowest BCUT2D eigenvalue weighted by molar-refractivity contribution is -0.140. The average Bonchev–Trinajstić information content (AvgIpc) is 2.42. The van der Waals surface area contributed by atoms with Crippen LogP contribution in [0, 0.1) is 0 Å². The minimum absolute atomic E-state index is 0.125. The Labute approximate surface area is 127 Å². The van der Waals surface area contributed by atoms with E-state index in [1.807, 2.05) is 18.2 Å². The molecule has 0 aromatic heterocycles. The molecule has 0 fully saturated rings. The molecule has 0 aliphatic heterocycles. The summed E-state index contributed by atoms with van der Waals surface area (Å²) in [5, 5.41) is 14.0. The predicted octanol–water partition coefficient (Wildman–Crippen LogP) is 1.34. The van der Waals surface area contributed by atoms with E-state index in [1.165, 1.54) is 18.7 Å². The third-order valence-corrected chi connectivity index (χ3v) is 3.55. The molecule has 6 nitrogen and oxygen atoms in total. The summed E-state index contributed by atoms with van der Waals surface area (Å²) in [6.07, 6.45) is 0.284. The molecular formula is C14H18N2O4S. The average molecular weight is 310 g/mol. The normalized spacial score (nSPS) is 11.5. The Bertz CT molecular complexity index is 493. The van der Waals surface area contributed by atoms with Crippen LogP contribution in [0.25, 0.3) is 0 Å². The van der Waals surface area contributed by atoms with Crippen molar-refractivity contribution in [3.63, 3.8) is 0 Å². The van der Waals surface area contributed by atoms with E-state index in [0.717, 1.165) is 5.69 Å². The van der Waals surface area contributed by atoms with E-state index in [1.54, 1.807) is 12.1 Å². The van der Waals surface area contributed by atoms with Gasteiger partial charge < -0.3 is 15.7 Å². The number of carbonyl (C=O) groups is 3. The van der Waals surface area contributed by atoms with Crippen LogP contribution in [0.3, 0.4) is 0 Å². The lowest BCUT2D eigenvalue weighted by atomic mass is 10.3. The lowest BCUT2D eigenvalue weighted by Gasteiger charge is -2.12. The zero-order valence-corrected chi connectivity index (χ0v) is 12.5. The molecule has 0 radical (unpaired) electrons. The van der Waals surface area contributed by atoms with Gasteiger partial charge in [-0.25, -0.2) is 4.79 Å². The van der Waals surface area contributed by atoms with Crippen LogP contribution in [-0.4, -0.2) is 40.4 Å². The third-order valence-electron chi connectivity index (χ3n) is 2.49. The van der Waals surface area contributed by atoms with Crippen molar-refractivity contribution in [3.8, 4) is 0 Å². The molecule has 114 valence electrons. The highest BCUT2D eigenvalue weighted by atomic mass is 32.2. The van der Waals surface area contributed by atoms with Crippen LogP contribution in [-0.2, 0) is 14.4 Å². The molecule has 21 heavy (non-hydrogen) atoms. The molecule has 1 rings (SSSR count). The van der Waals surface area contributed by atoms with E-state index < -0.39 is 12.0 Å². The monoisotopic (exact) mass is 310 g/mol. The summed E-state index contributed by atoms with van der Waals surface area (Å²) in [5.74, 6) is -0.869. The van der Waals surface area contributed by atoms with Crippen molar-refractivity contribution in [2.45, 2.75) is 19.4 Å². The number of thioether (sulfide) groups is 1. The van der Waals surface area contributed by atoms with Crippen molar-refractivity contribution >= 4 is 35.2 Å². The molecular weight excluding hydrogens is 292 g/mol. The van der Waals surface area contributed by atoms with Crippen molar-refractivity contribution < 1.29 is 19.5 Å². The summed E-state index contributed by atoms with van der Waals surface area (Å²) in [4.78, 5) is 33.4. The van der Waals surface area contributed by atoms with E-state index in [4.69, 9.17) is 5.11 Å². The SMILES string of the molecule is CC(=O)N[C@@H](CSCCC(=O)Nc1ccccc1)C(=O)O. The molecule has 0 bridgehead atoms.